The monoisotopic (exact) mass is 326 g/mol. The van der Waals surface area contributed by atoms with Crippen LogP contribution in [-0.2, 0) is 17.6 Å². The Kier molecular flexibility index (Phi) is 4.98. The van der Waals surface area contributed by atoms with Gasteiger partial charge in [0.25, 0.3) is 0 Å². The van der Waals surface area contributed by atoms with Gasteiger partial charge in [-0.25, -0.2) is 9.18 Å². The number of benzene rings is 2. The fourth-order valence-corrected chi connectivity index (χ4v) is 3.25. The van der Waals surface area contributed by atoms with Crippen molar-refractivity contribution in [3.05, 3.63) is 58.9 Å². The highest BCUT2D eigenvalue weighted by Crippen LogP contribution is 2.31. The molecule has 1 aliphatic rings. The number of esters is 1. The first-order chi connectivity index (χ1) is 11.6. The predicted octanol–water partition coefficient (Wildman–Crippen LogP) is 5.33. The summed E-state index contributed by atoms with van der Waals surface area (Å²) >= 11 is 0. The Morgan fingerprint density at radius 1 is 1.12 bits per heavy atom. The number of rotatable bonds is 5. The second-order valence-electron chi connectivity index (χ2n) is 6.54. The summed E-state index contributed by atoms with van der Waals surface area (Å²) in [4.78, 5) is 12.0. The highest BCUT2D eigenvalue weighted by atomic mass is 19.1. The standard InChI is InChI=1S/C21H23FO2/c1-3-4-5-6-15-7-9-16(10-8-15)18-12-11-17-13-14(2)24-21(23)19(17)20(18)22/h7-12,14H,3-6,13H2,1-2H3. The SMILES string of the molecule is CCCCCc1ccc(-c2ccc3c(c2F)C(=O)OC(C)C3)cc1. The first-order valence-electron chi connectivity index (χ1n) is 8.71. The molecule has 0 radical (unpaired) electrons. The van der Waals surface area contributed by atoms with Crippen molar-refractivity contribution in [2.24, 2.45) is 0 Å². The van der Waals surface area contributed by atoms with Gasteiger partial charge in [0.1, 0.15) is 11.9 Å². The third-order valence-electron chi connectivity index (χ3n) is 4.58. The Labute approximate surface area is 142 Å². The minimum atomic E-state index is -0.556. The average Bonchev–Trinajstić information content (AvgIpc) is 2.55. The van der Waals surface area contributed by atoms with E-state index in [-0.39, 0.29) is 11.7 Å². The lowest BCUT2D eigenvalue weighted by atomic mass is 9.93. The third kappa shape index (κ3) is 3.35. The maximum Gasteiger partial charge on any atom is 0.341 e. The Hall–Kier alpha value is -2.16. The fourth-order valence-electron chi connectivity index (χ4n) is 3.25. The molecular weight excluding hydrogens is 303 g/mol. The van der Waals surface area contributed by atoms with Crippen molar-refractivity contribution < 1.29 is 13.9 Å². The molecule has 0 bridgehead atoms. The van der Waals surface area contributed by atoms with Gasteiger partial charge in [0.15, 0.2) is 0 Å². The number of cyclic esters (lactones) is 1. The second-order valence-corrected chi connectivity index (χ2v) is 6.54. The Morgan fingerprint density at radius 2 is 1.88 bits per heavy atom. The molecule has 1 atom stereocenters. The number of aryl methyl sites for hydroxylation is 1. The molecule has 2 aromatic rings. The van der Waals surface area contributed by atoms with E-state index in [1.165, 1.54) is 24.8 Å². The van der Waals surface area contributed by atoms with E-state index in [2.05, 4.69) is 6.92 Å². The molecule has 0 spiro atoms. The summed E-state index contributed by atoms with van der Waals surface area (Å²) in [6.45, 7) is 4.01. The molecule has 1 unspecified atom stereocenters. The van der Waals surface area contributed by atoms with E-state index >= 15 is 0 Å². The first-order valence-corrected chi connectivity index (χ1v) is 8.71. The van der Waals surface area contributed by atoms with Crippen molar-refractivity contribution in [1.82, 2.24) is 0 Å². The summed E-state index contributed by atoms with van der Waals surface area (Å²) in [5.41, 5.74) is 3.34. The Bertz CT molecular complexity index is 734. The lowest BCUT2D eigenvalue weighted by molar-refractivity contribution is 0.0294. The van der Waals surface area contributed by atoms with Gasteiger partial charge in [-0.2, -0.15) is 0 Å². The predicted molar refractivity (Wildman–Crippen MR) is 93.6 cm³/mol. The molecule has 2 nitrogen and oxygen atoms in total. The van der Waals surface area contributed by atoms with Gasteiger partial charge in [-0.05, 0) is 36.5 Å². The summed E-state index contributed by atoms with van der Waals surface area (Å²) in [6.07, 6.45) is 5.01. The van der Waals surface area contributed by atoms with Gasteiger partial charge in [0, 0.05) is 12.0 Å². The molecule has 0 aromatic heterocycles. The molecule has 0 saturated heterocycles. The number of hydrogen-bond donors (Lipinski definition) is 0. The number of carbonyl (C=O) groups excluding carboxylic acids is 1. The van der Waals surface area contributed by atoms with Crippen LogP contribution in [0.2, 0.25) is 0 Å². The number of ether oxygens (including phenoxy) is 1. The number of hydrogen-bond acceptors (Lipinski definition) is 2. The number of fused-ring (bicyclic) bond motifs is 1. The van der Waals surface area contributed by atoms with Crippen LogP contribution < -0.4 is 0 Å². The quantitative estimate of drug-likeness (QED) is 0.548. The first kappa shape index (κ1) is 16.7. The van der Waals surface area contributed by atoms with Gasteiger partial charge in [0.2, 0.25) is 0 Å². The van der Waals surface area contributed by atoms with Crippen molar-refractivity contribution in [1.29, 1.82) is 0 Å². The normalized spacial score (nSPS) is 16.6. The van der Waals surface area contributed by atoms with Crippen molar-refractivity contribution >= 4 is 5.97 Å². The van der Waals surface area contributed by atoms with E-state index < -0.39 is 11.8 Å². The molecular formula is C21H23FO2. The van der Waals surface area contributed by atoms with E-state index in [0.717, 1.165) is 17.5 Å². The summed E-state index contributed by atoms with van der Waals surface area (Å²) < 4.78 is 20.0. The molecule has 2 aromatic carbocycles. The van der Waals surface area contributed by atoms with Crippen LogP contribution in [0.3, 0.4) is 0 Å². The van der Waals surface area contributed by atoms with Gasteiger partial charge in [0.05, 0.1) is 5.56 Å². The van der Waals surface area contributed by atoms with Gasteiger partial charge in [-0.3, -0.25) is 0 Å². The van der Waals surface area contributed by atoms with Crippen molar-refractivity contribution in [2.75, 3.05) is 0 Å². The molecule has 126 valence electrons. The van der Waals surface area contributed by atoms with Crippen LogP contribution in [0.4, 0.5) is 4.39 Å². The van der Waals surface area contributed by atoms with E-state index in [9.17, 15) is 9.18 Å². The van der Waals surface area contributed by atoms with Crippen LogP contribution in [0.1, 0.15) is 54.6 Å². The zero-order valence-corrected chi connectivity index (χ0v) is 14.3. The third-order valence-corrected chi connectivity index (χ3v) is 4.58. The van der Waals surface area contributed by atoms with E-state index in [4.69, 9.17) is 4.74 Å². The summed E-state index contributed by atoms with van der Waals surface area (Å²) in [6, 6.07) is 11.6. The van der Waals surface area contributed by atoms with Crippen molar-refractivity contribution in [2.45, 2.75) is 52.1 Å². The fraction of sp³-hybridized carbons (Fsp3) is 0.381. The molecule has 1 aliphatic heterocycles. The van der Waals surface area contributed by atoms with Crippen LogP contribution in [0.15, 0.2) is 36.4 Å². The van der Waals surface area contributed by atoms with Crippen LogP contribution in [0.5, 0.6) is 0 Å². The van der Waals surface area contributed by atoms with Gasteiger partial charge < -0.3 is 4.74 Å². The lowest BCUT2D eigenvalue weighted by Gasteiger charge is -2.23. The molecule has 0 N–H and O–H groups in total. The van der Waals surface area contributed by atoms with Crippen LogP contribution in [-0.4, -0.2) is 12.1 Å². The Morgan fingerprint density at radius 3 is 2.58 bits per heavy atom. The molecule has 0 amide bonds. The van der Waals surface area contributed by atoms with Crippen LogP contribution in [0, 0.1) is 5.82 Å². The van der Waals surface area contributed by atoms with E-state index in [1.54, 1.807) is 6.07 Å². The molecule has 3 rings (SSSR count). The maximum absolute atomic E-state index is 14.9. The topological polar surface area (TPSA) is 26.3 Å². The molecule has 0 aliphatic carbocycles. The number of unbranched alkanes of at least 4 members (excludes halogenated alkanes) is 2. The van der Waals surface area contributed by atoms with Gasteiger partial charge in [-0.1, -0.05) is 56.2 Å². The van der Waals surface area contributed by atoms with Crippen molar-refractivity contribution in [3.63, 3.8) is 0 Å². The zero-order chi connectivity index (χ0) is 17.1. The summed E-state index contributed by atoms with van der Waals surface area (Å²) in [7, 11) is 0. The van der Waals surface area contributed by atoms with Gasteiger partial charge in [-0.15, -0.1) is 0 Å². The highest BCUT2D eigenvalue weighted by molar-refractivity contribution is 5.94. The second kappa shape index (κ2) is 7.16. The van der Waals surface area contributed by atoms with Crippen molar-refractivity contribution in [3.8, 4) is 11.1 Å². The van der Waals surface area contributed by atoms with Gasteiger partial charge >= 0.3 is 5.97 Å². The van der Waals surface area contributed by atoms with Crippen LogP contribution >= 0.6 is 0 Å². The maximum atomic E-state index is 14.9. The average molecular weight is 326 g/mol. The molecule has 1 heterocycles. The summed E-state index contributed by atoms with van der Waals surface area (Å²) in [5.74, 6) is -1.03. The molecule has 24 heavy (non-hydrogen) atoms. The lowest BCUT2D eigenvalue weighted by Crippen LogP contribution is -2.26. The molecule has 3 heteroatoms. The highest BCUT2D eigenvalue weighted by Gasteiger charge is 2.28. The smallest absolute Gasteiger partial charge is 0.341 e. The number of halogens is 1. The van der Waals surface area contributed by atoms with E-state index in [0.29, 0.717) is 12.0 Å². The largest absolute Gasteiger partial charge is 0.459 e. The number of carbonyl (C=O) groups is 1. The minimum Gasteiger partial charge on any atom is -0.459 e. The minimum absolute atomic E-state index is 0.0950. The molecule has 0 saturated carbocycles. The van der Waals surface area contributed by atoms with Crippen LogP contribution in [0.25, 0.3) is 11.1 Å². The van der Waals surface area contributed by atoms with E-state index in [1.807, 2.05) is 37.3 Å². The zero-order valence-electron chi connectivity index (χ0n) is 14.3. The molecule has 0 fully saturated rings. The Balaban J connectivity index is 1.88. The summed E-state index contributed by atoms with van der Waals surface area (Å²) in [5, 5.41) is 0.